The summed E-state index contributed by atoms with van der Waals surface area (Å²) in [7, 11) is -2.34. The third kappa shape index (κ3) is 4.83. The summed E-state index contributed by atoms with van der Waals surface area (Å²) in [6.07, 6.45) is 6.56. The number of rotatable bonds is 6. The van der Waals surface area contributed by atoms with E-state index in [2.05, 4.69) is 22.9 Å². The van der Waals surface area contributed by atoms with Crippen molar-refractivity contribution in [2.24, 2.45) is 0 Å². The lowest BCUT2D eigenvalue weighted by Gasteiger charge is -2.27. The predicted octanol–water partition coefficient (Wildman–Crippen LogP) is 3.85. The van der Waals surface area contributed by atoms with Gasteiger partial charge >= 0.3 is 0 Å². The average molecular weight is 441 g/mol. The highest BCUT2D eigenvalue weighted by molar-refractivity contribution is 7.89. The molecule has 0 spiro atoms. The number of nitrogens with zero attached hydrogens (tertiary/aromatic N) is 1. The molecule has 2 aliphatic rings. The van der Waals surface area contributed by atoms with E-state index in [0.29, 0.717) is 18.7 Å². The zero-order valence-electron chi connectivity index (χ0n) is 17.7. The standard InChI is InChI=1S/C24H28N2O4S/c1-30-22-12-11-20(17-23(22)31(28,29)25-21-9-5-6-10-21)24(27)26-15-13-19(14-16-26)18-7-3-2-4-8-18/h2-4,7-8,11-13,17,21,25H,5-6,9-10,14-16H2,1H3. The van der Waals surface area contributed by atoms with Crippen LogP contribution in [0.2, 0.25) is 0 Å². The zero-order valence-corrected chi connectivity index (χ0v) is 18.5. The van der Waals surface area contributed by atoms with Crippen LogP contribution in [0.3, 0.4) is 0 Å². The minimum absolute atomic E-state index is 0.0188. The quantitative estimate of drug-likeness (QED) is 0.740. The maximum atomic E-state index is 13.1. The van der Waals surface area contributed by atoms with Crippen molar-refractivity contribution in [3.63, 3.8) is 0 Å². The van der Waals surface area contributed by atoms with Gasteiger partial charge in [-0.3, -0.25) is 4.79 Å². The first-order valence-electron chi connectivity index (χ1n) is 10.7. The number of ether oxygens (including phenoxy) is 1. The molecule has 0 radical (unpaired) electrons. The lowest BCUT2D eigenvalue weighted by Crippen LogP contribution is -2.35. The number of carbonyl (C=O) groups is 1. The van der Waals surface area contributed by atoms with Crippen LogP contribution in [0, 0.1) is 0 Å². The number of amides is 1. The molecule has 2 aromatic rings. The van der Waals surface area contributed by atoms with Crippen LogP contribution < -0.4 is 9.46 Å². The fourth-order valence-corrected chi connectivity index (χ4v) is 5.80. The highest BCUT2D eigenvalue weighted by Gasteiger charge is 2.28. The Labute approximate surface area is 184 Å². The van der Waals surface area contributed by atoms with Gasteiger partial charge in [0.2, 0.25) is 10.0 Å². The molecular weight excluding hydrogens is 412 g/mol. The molecule has 1 saturated carbocycles. The molecule has 0 bridgehead atoms. The van der Waals surface area contributed by atoms with E-state index in [-0.39, 0.29) is 22.6 Å². The summed E-state index contributed by atoms with van der Waals surface area (Å²) < 4.78 is 34.0. The molecule has 1 heterocycles. The summed E-state index contributed by atoms with van der Waals surface area (Å²) in [5.74, 6) is 0.0651. The normalized spacial score (nSPS) is 17.5. The monoisotopic (exact) mass is 440 g/mol. The van der Waals surface area contributed by atoms with Crippen LogP contribution in [0.5, 0.6) is 5.75 Å². The highest BCUT2D eigenvalue weighted by atomic mass is 32.2. The van der Waals surface area contributed by atoms with Crippen molar-refractivity contribution in [3.8, 4) is 5.75 Å². The molecule has 0 aromatic heterocycles. The molecule has 0 atom stereocenters. The van der Waals surface area contributed by atoms with Crippen molar-refractivity contribution in [3.05, 3.63) is 65.7 Å². The Kier molecular flexibility index (Phi) is 6.43. The molecule has 1 aliphatic heterocycles. The van der Waals surface area contributed by atoms with Crippen molar-refractivity contribution in [1.29, 1.82) is 0 Å². The summed E-state index contributed by atoms with van der Waals surface area (Å²) in [5, 5.41) is 0. The van der Waals surface area contributed by atoms with Crippen LogP contribution in [0.25, 0.3) is 5.57 Å². The van der Waals surface area contributed by atoms with Crippen LogP contribution in [-0.2, 0) is 10.0 Å². The number of hydrogen-bond acceptors (Lipinski definition) is 4. The number of carbonyl (C=O) groups excluding carboxylic acids is 1. The number of methoxy groups -OCH3 is 1. The largest absolute Gasteiger partial charge is 0.495 e. The SMILES string of the molecule is COc1ccc(C(=O)N2CC=C(c3ccccc3)CC2)cc1S(=O)(=O)NC1CCCC1. The molecule has 1 amide bonds. The van der Waals surface area contributed by atoms with Gasteiger partial charge in [0.15, 0.2) is 0 Å². The fourth-order valence-electron chi connectivity index (χ4n) is 4.30. The number of hydrogen-bond donors (Lipinski definition) is 1. The average Bonchev–Trinajstić information content (AvgIpc) is 3.31. The lowest BCUT2D eigenvalue weighted by molar-refractivity contribution is 0.0772. The molecule has 1 N–H and O–H groups in total. The first-order valence-corrected chi connectivity index (χ1v) is 12.2. The van der Waals surface area contributed by atoms with Gasteiger partial charge in [-0.25, -0.2) is 13.1 Å². The van der Waals surface area contributed by atoms with Crippen molar-refractivity contribution >= 4 is 21.5 Å². The van der Waals surface area contributed by atoms with E-state index < -0.39 is 10.0 Å². The highest BCUT2D eigenvalue weighted by Crippen LogP contribution is 2.29. The van der Waals surface area contributed by atoms with E-state index in [4.69, 9.17) is 4.74 Å². The Bertz CT molecular complexity index is 1070. The van der Waals surface area contributed by atoms with Gasteiger partial charge in [0, 0.05) is 24.7 Å². The van der Waals surface area contributed by atoms with Crippen molar-refractivity contribution in [2.45, 2.75) is 43.0 Å². The van der Waals surface area contributed by atoms with Crippen LogP contribution in [-0.4, -0.2) is 45.5 Å². The lowest BCUT2D eigenvalue weighted by atomic mass is 9.99. The molecule has 7 heteroatoms. The Hall–Kier alpha value is -2.64. The van der Waals surface area contributed by atoms with Gasteiger partial charge in [-0.15, -0.1) is 0 Å². The van der Waals surface area contributed by atoms with Crippen molar-refractivity contribution in [2.75, 3.05) is 20.2 Å². The molecule has 0 saturated heterocycles. The number of sulfonamides is 1. The molecule has 6 nitrogen and oxygen atoms in total. The van der Waals surface area contributed by atoms with Crippen LogP contribution in [0.4, 0.5) is 0 Å². The molecule has 4 rings (SSSR count). The number of nitrogens with one attached hydrogen (secondary N) is 1. The van der Waals surface area contributed by atoms with Gasteiger partial charge in [0.05, 0.1) is 7.11 Å². The van der Waals surface area contributed by atoms with Crippen molar-refractivity contribution in [1.82, 2.24) is 9.62 Å². The smallest absolute Gasteiger partial charge is 0.254 e. The maximum absolute atomic E-state index is 13.1. The second kappa shape index (κ2) is 9.24. The fraction of sp³-hybridized carbons (Fsp3) is 0.375. The van der Waals surface area contributed by atoms with E-state index in [9.17, 15) is 13.2 Å². The van der Waals surface area contributed by atoms with E-state index in [1.54, 1.807) is 17.0 Å². The minimum atomic E-state index is -3.78. The Balaban J connectivity index is 1.54. The van der Waals surface area contributed by atoms with Gasteiger partial charge in [0.1, 0.15) is 10.6 Å². The van der Waals surface area contributed by atoms with Gasteiger partial charge in [-0.05, 0) is 48.6 Å². The van der Waals surface area contributed by atoms with Crippen LogP contribution in [0.15, 0.2) is 59.5 Å². The molecule has 31 heavy (non-hydrogen) atoms. The first-order chi connectivity index (χ1) is 15.0. The second-order valence-electron chi connectivity index (χ2n) is 8.06. The predicted molar refractivity (Wildman–Crippen MR) is 121 cm³/mol. The van der Waals surface area contributed by atoms with E-state index in [1.807, 2.05) is 18.2 Å². The summed E-state index contributed by atoms with van der Waals surface area (Å²) in [5.41, 5.74) is 2.75. The van der Waals surface area contributed by atoms with Crippen LogP contribution in [0.1, 0.15) is 48.0 Å². The Morgan fingerprint density at radius 3 is 2.48 bits per heavy atom. The molecular formula is C24H28N2O4S. The molecule has 2 aromatic carbocycles. The van der Waals surface area contributed by atoms with Crippen molar-refractivity contribution < 1.29 is 17.9 Å². The van der Waals surface area contributed by atoms with E-state index in [1.165, 1.54) is 24.3 Å². The summed E-state index contributed by atoms with van der Waals surface area (Å²) in [4.78, 5) is 14.9. The third-order valence-corrected chi connectivity index (χ3v) is 7.56. The minimum Gasteiger partial charge on any atom is -0.495 e. The van der Waals surface area contributed by atoms with E-state index >= 15 is 0 Å². The van der Waals surface area contributed by atoms with Gasteiger partial charge in [0.25, 0.3) is 5.91 Å². The maximum Gasteiger partial charge on any atom is 0.254 e. The molecule has 0 unspecified atom stereocenters. The number of benzene rings is 2. The topological polar surface area (TPSA) is 75.7 Å². The Morgan fingerprint density at radius 1 is 1.10 bits per heavy atom. The van der Waals surface area contributed by atoms with E-state index in [0.717, 1.165) is 32.1 Å². The Morgan fingerprint density at radius 2 is 1.84 bits per heavy atom. The first kappa shape index (κ1) is 21.6. The molecule has 1 aliphatic carbocycles. The molecule has 1 fully saturated rings. The van der Waals surface area contributed by atoms with Gasteiger partial charge < -0.3 is 9.64 Å². The second-order valence-corrected chi connectivity index (χ2v) is 9.75. The van der Waals surface area contributed by atoms with Gasteiger partial charge in [-0.2, -0.15) is 0 Å². The summed E-state index contributed by atoms with van der Waals surface area (Å²) >= 11 is 0. The zero-order chi connectivity index (χ0) is 21.8. The van der Waals surface area contributed by atoms with Gasteiger partial charge in [-0.1, -0.05) is 49.2 Å². The summed E-state index contributed by atoms with van der Waals surface area (Å²) in [6, 6.07) is 14.7. The third-order valence-electron chi connectivity index (χ3n) is 6.02. The summed E-state index contributed by atoms with van der Waals surface area (Å²) in [6.45, 7) is 1.09. The molecule has 164 valence electrons. The van der Waals surface area contributed by atoms with Crippen LogP contribution >= 0.6 is 0 Å².